The molecule has 1 atom stereocenters. The summed E-state index contributed by atoms with van der Waals surface area (Å²) in [6.45, 7) is 4.50. The van der Waals surface area contributed by atoms with E-state index in [1.807, 2.05) is 77.8 Å². The van der Waals surface area contributed by atoms with Crippen LogP contribution >= 0.6 is 0 Å². The highest BCUT2D eigenvalue weighted by Gasteiger charge is 2.46. The molecule has 0 aliphatic carbocycles. The van der Waals surface area contributed by atoms with Crippen LogP contribution in [-0.2, 0) is 4.74 Å². The van der Waals surface area contributed by atoms with Crippen molar-refractivity contribution in [2.75, 3.05) is 18.7 Å². The maximum atomic E-state index is 12.6. The minimum atomic E-state index is -0.360. The molecule has 1 aliphatic rings. The number of nitrogens with zero attached hydrogens (tertiary/aromatic N) is 2. The van der Waals surface area contributed by atoms with Gasteiger partial charge in [-0.1, -0.05) is 50.2 Å². The average molecular weight is 415 g/mol. The van der Waals surface area contributed by atoms with Crippen molar-refractivity contribution in [2.45, 2.75) is 19.9 Å². The summed E-state index contributed by atoms with van der Waals surface area (Å²) >= 11 is 0. The van der Waals surface area contributed by atoms with Gasteiger partial charge in [-0.25, -0.2) is 4.79 Å². The Kier molecular flexibility index (Phi) is 5.76. The van der Waals surface area contributed by atoms with Crippen LogP contribution < -0.4 is 9.75 Å². The lowest BCUT2D eigenvalue weighted by molar-refractivity contribution is 0.0450. The molecule has 0 aromatic heterocycles. The lowest BCUT2D eigenvalue weighted by atomic mass is 9.78. The van der Waals surface area contributed by atoms with E-state index in [9.17, 15) is 4.79 Å². The zero-order valence-electron chi connectivity index (χ0n) is 18.0. The number of rotatable bonds is 6. The zero-order valence-corrected chi connectivity index (χ0v) is 18.0. The standard InChI is InChI=1S/C26H26N2O3/c1-26(2)23(18-31-25(29)20-10-6-4-7-11-20)28(21-12-8-5-9-13-21)27-24(26)19-14-16-22(30-3)17-15-19/h4-17,23H,18H2,1-3H3. The molecular weight excluding hydrogens is 388 g/mol. The molecule has 3 aromatic rings. The fourth-order valence-electron chi connectivity index (χ4n) is 3.86. The Bertz CT molecular complexity index is 1060. The van der Waals surface area contributed by atoms with E-state index in [-0.39, 0.29) is 24.0 Å². The number of benzene rings is 3. The Hall–Kier alpha value is -3.60. The van der Waals surface area contributed by atoms with Gasteiger partial charge in [-0.3, -0.25) is 5.01 Å². The highest BCUT2D eigenvalue weighted by molar-refractivity contribution is 6.07. The number of carbonyl (C=O) groups excluding carboxylic acids is 1. The molecule has 0 spiro atoms. The van der Waals surface area contributed by atoms with Crippen molar-refractivity contribution in [1.82, 2.24) is 0 Å². The Labute approximate surface area is 182 Å². The summed E-state index contributed by atoms with van der Waals surface area (Å²) in [4.78, 5) is 12.6. The van der Waals surface area contributed by atoms with Gasteiger partial charge >= 0.3 is 5.97 Å². The van der Waals surface area contributed by atoms with Crippen molar-refractivity contribution in [3.05, 3.63) is 96.1 Å². The first-order valence-electron chi connectivity index (χ1n) is 10.3. The molecule has 5 nitrogen and oxygen atoms in total. The molecule has 0 radical (unpaired) electrons. The second-order valence-electron chi connectivity index (χ2n) is 8.06. The number of carbonyl (C=O) groups is 1. The molecule has 0 amide bonds. The number of ether oxygens (including phenoxy) is 2. The van der Waals surface area contributed by atoms with Crippen LogP contribution in [0.5, 0.6) is 5.75 Å². The van der Waals surface area contributed by atoms with Crippen LogP contribution in [-0.4, -0.2) is 31.4 Å². The van der Waals surface area contributed by atoms with Crippen LogP contribution in [0.3, 0.4) is 0 Å². The van der Waals surface area contributed by atoms with Crippen LogP contribution in [0, 0.1) is 5.41 Å². The second-order valence-corrected chi connectivity index (χ2v) is 8.06. The molecule has 5 heteroatoms. The quantitative estimate of drug-likeness (QED) is 0.522. The first kappa shape index (κ1) is 20.7. The van der Waals surface area contributed by atoms with Gasteiger partial charge in [0.25, 0.3) is 0 Å². The Morgan fingerprint density at radius 2 is 1.55 bits per heavy atom. The van der Waals surface area contributed by atoms with Gasteiger partial charge < -0.3 is 9.47 Å². The molecule has 4 rings (SSSR count). The van der Waals surface area contributed by atoms with Crippen LogP contribution in [0.15, 0.2) is 90.0 Å². The monoisotopic (exact) mass is 414 g/mol. The SMILES string of the molecule is COc1ccc(C2=NN(c3ccccc3)C(COC(=O)c3ccccc3)C2(C)C)cc1. The van der Waals surface area contributed by atoms with Crippen LogP contribution in [0.25, 0.3) is 0 Å². The molecule has 0 saturated carbocycles. The van der Waals surface area contributed by atoms with Crippen molar-refractivity contribution in [1.29, 1.82) is 0 Å². The minimum absolute atomic E-state index is 0.153. The number of methoxy groups -OCH3 is 1. The van der Waals surface area contributed by atoms with Crippen LogP contribution in [0.2, 0.25) is 0 Å². The molecule has 0 bridgehead atoms. The third-order valence-electron chi connectivity index (χ3n) is 5.71. The lowest BCUT2D eigenvalue weighted by Gasteiger charge is -2.32. The van der Waals surface area contributed by atoms with E-state index in [1.165, 1.54) is 0 Å². The lowest BCUT2D eigenvalue weighted by Crippen LogP contribution is -2.44. The highest BCUT2D eigenvalue weighted by Crippen LogP contribution is 2.39. The van der Waals surface area contributed by atoms with Gasteiger partial charge in [-0.15, -0.1) is 0 Å². The van der Waals surface area contributed by atoms with E-state index >= 15 is 0 Å². The number of hydrogen-bond donors (Lipinski definition) is 0. The molecule has 0 N–H and O–H groups in total. The third kappa shape index (κ3) is 4.17. The first-order valence-corrected chi connectivity index (χ1v) is 10.3. The van der Waals surface area contributed by atoms with E-state index in [4.69, 9.17) is 14.6 Å². The van der Waals surface area contributed by atoms with Gasteiger partial charge in [0.15, 0.2) is 0 Å². The molecular formula is C26H26N2O3. The zero-order chi connectivity index (χ0) is 21.8. The van der Waals surface area contributed by atoms with Gasteiger partial charge in [0.1, 0.15) is 12.4 Å². The van der Waals surface area contributed by atoms with E-state index < -0.39 is 0 Å². The molecule has 0 saturated heterocycles. The Morgan fingerprint density at radius 1 is 0.935 bits per heavy atom. The Morgan fingerprint density at radius 3 is 2.16 bits per heavy atom. The van der Waals surface area contributed by atoms with Gasteiger partial charge in [0, 0.05) is 5.41 Å². The van der Waals surface area contributed by atoms with Crippen molar-refractivity contribution >= 4 is 17.4 Å². The van der Waals surface area contributed by atoms with Gasteiger partial charge in [0.05, 0.1) is 30.1 Å². The first-order chi connectivity index (χ1) is 15.0. The number of para-hydroxylation sites is 1. The topological polar surface area (TPSA) is 51.1 Å². The molecule has 31 heavy (non-hydrogen) atoms. The fraction of sp³-hybridized carbons (Fsp3) is 0.231. The van der Waals surface area contributed by atoms with Crippen LogP contribution in [0.1, 0.15) is 29.8 Å². The average Bonchev–Trinajstić information content (AvgIpc) is 3.08. The van der Waals surface area contributed by atoms with Gasteiger partial charge in [-0.05, 0) is 54.1 Å². The second kappa shape index (κ2) is 8.64. The largest absolute Gasteiger partial charge is 0.497 e. The molecule has 1 heterocycles. The molecule has 158 valence electrons. The maximum absolute atomic E-state index is 12.6. The predicted molar refractivity (Wildman–Crippen MR) is 123 cm³/mol. The number of hydrazone groups is 1. The Balaban J connectivity index is 1.64. The summed E-state index contributed by atoms with van der Waals surface area (Å²) in [5, 5.41) is 6.96. The molecule has 3 aromatic carbocycles. The van der Waals surface area contributed by atoms with Crippen molar-refractivity contribution < 1.29 is 14.3 Å². The predicted octanol–water partition coefficient (Wildman–Crippen LogP) is 5.17. The molecule has 1 aliphatic heterocycles. The fourth-order valence-corrected chi connectivity index (χ4v) is 3.86. The summed E-state index contributed by atoms with van der Waals surface area (Å²) in [7, 11) is 1.65. The van der Waals surface area contributed by atoms with Crippen molar-refractivity contribution in [3.8, 4) is 5.75 Å². The summed E-state index contributed by atoms with van der Waals surface area (Å²) in [6.07, 6.45) is 0. The summed E-state index contributed by atoms with van der Waals surface area (Å²) in [6, 6.07) is 26.8. The van der Waals surface area contributed by atoms with E-state index in [0.29, 0.717) is 5.56 Å². The summed E-state index contributed by atoms with van der Waals surface area (Å²) in [5.41, 5.74) is 3.10. The molecule has 1 unspecified atom stereocenters. The van der Waals surface area contributed by atoms with Gasteiger partial charge in [-0.2, -0.15) is 5.10 Å². The van der Waals surface area contributed by atoms with Crippen molar-refractivity contribution in [3.63, 3.8) is 0 Å². The molecule has 0 fully saturated rings. The summed E-state index contributed by atoms with van der Waals surface area (Å²) < 4.78 is 11.0. The number of esters is 1. The van der Waals surface area contributed by atoms with E-state index in [0.717, 1.165) is 22.7 Å². The smallest absolute Gasteiger partial charge is 0.338 e. The third-order valence-corrected chi connectivity index (χ3v) is 5.71. The highest BCUT2D eigenvalue weighted by atomic mass is 16.5. The maximum Gasteiger partial charge on any atom is 0.338 e. The summed E-state index contributed by atoms with van der Waals surface area (Å²) in [5.74, 6) is 0.468. The number of hydrogen-bond acceptors (Lipinski definition) is 5. The number of anilines is 1. The van der Waals surface area contributed by atoms with Gasteiger partial charge in [0.2, 0.25) is 0 Å². The van der Waals surface area contributed by atoms with E-state index in [2.05, 4.69) is 13.8 Å². The minimum Gasteiger partial charge on any atom is -0.497 e. The van der Waals surface area contributed by atoms with Crippen LogP contribution in [0.4, 0.5) is 5.69 Å². The normalized spacial score (nSPS) is 17.2. The van der Waals surface area contributed by atoms with Crippen molar-refractivity contribution in [2.24, 2.45) is 10.5 Å². The van der Waals surface area contributed by atoms with E-state index in [1.54, 1.807) is 19.2 Å².